The van der Waals surface area contributed by atoms with E-state index < -0.39 is 0 Å². The maximum Gasteiger partial charge on any atom is 0.306 e. The number of halogens is 2. The molecule has 0 unspecified atom stereocenters. The number of hydrogen-bond acceptors (Lipinski definition) is 2. The van der Waals surface area contributed by atoms with Gasteiger partial charge in [0, 0.05) is 43.7 Å². The first-order valence-electron chi connectivity index (χ1n) is 3.32. The summed E-state index contributed by atoms with van der Waals surface area (Å²) < 4.78 is 4.95. The Kier molecular flexibility index (Phi) is 9.95. The van der Waals surface area contributed by atoms with Crippen LogP contribution in [0.25, 0.3) is 0 Å². The maximum absolute atomic E-state index is 10.6. The summed E-state index contributed by atoms with van der Waals surface area (Å²) in [4.78, 5) is 10.6. The van der Waals surface area contributed by atoms with Crippen LogP contribution in [0.4, 0.5) is 0 Å². The molecule has 0 aliphatic rings. The molecule has 0 N–H and O–H groups in total. The third-order valence-corrected chi connectivity index (χ3v) is 0.709. The fourth-order valence-electron chi connectivity index (χ4n) is 0.414. The molecular weight excluding hydrogens is 370 g/mol. The number of hydrogen-bond donors (Lipinski definition) is 0. The summed E-state index contributed by atoms with van der Waals surface area (Å²) >= 11 is 4.24. The first-order valence-corrected chi connectivity index (χ1v) is 9.60. The van der Waals surface area contributed by atoms with Crippen LogP contribution in [-0.2, 0) is 9.53 Å². The molecule has 0 bridgehead atoms. The summed E-state index contributed by atoms with van der Waals surface area (Å²) in [6.07, 6.45) is 0.456. The normalized spacial score (nSPS) is 9.64. The third-order valence-electron chi connectivity index (χ3n) is 0.709. The largest absolute Gasteiger partial charge is 0.460 e. The molecular formula is C7H14I2O2. The zero-order chi connectivity index (χ0) is 9.49. The first-order chi connectivity index (χ1) is 4.95. The fraction of sp³-hybridized carbons (Fsp3) is 0.857. The molecule has 0 saturated carbocycles. The summed E-state index contributed by atoms with van der Waals surface area (Å²) in [5.74, 6) is -0.137. The van der Waals surface area contributed by atoms with Crippen LogP contribution in [0.1, 0.15) is 34.1 Å². The molecule has 0 aromatic rings. The molecule has 0 amide bonds. The highest BCUT2D eigenvalue weighted by Crippen LogP contribution is 2.07. The number of ether oxygens (including phenoxy) is 1. The lowest BCUT2D eigenvalue weighted by atomic mass is 10.2. The zero-order valence-electron chi connectivity index (χ0n) is 7.28. The molecule has 0 heterocycles. The van der Waals surface area contributed by atoms with Gasteiger partial charge in [-0.1, -0.05) is 6.92 Å². The van der Waals surface area contributed by atoms with Gasteiger partial charge in [-0.3, -0.25) is 4.79 Å². The highest BCUT2D eigenvalue weighted by Gasteiger charge is 2.13. The van der Waals surface area contributed by atoms with Crippen molar-refractivity contribution in [1.82, 2.24) is 0 Å². The summed E-state index contributed by atoms with van der Waals surface area (Å²) in [7, 11) is 0. The molecule has 68 valence electrons. The van der Waals surface area contributed by atoms with Gasteiger partial charge in [-0.2, -0.15) is 0 Å². The number of carbonyl (C=O) groups excluding carboxylic acids is 1. The summed E-state index contributed by atoms with van der Waals surface area (Å²) in [6.45, 7) is 7.37. The van der Waals surface area contributed by atoms with Gasteiger partial charge in [0.05, 0.1) is 0 Å². The second-order valence-corrected chi connectivity index (χ2v) is 2.94. The average molecular weight is 384 g/mol. The second-order valence-electron chi connectivity index (χ2n) is 2.94. The van der Waals surface area contributed by atoms with Gasteiger partial charge < -0.3 is 4.74 Å². The Morgan fingerprint density at radius 3 is 1.82 bits per heavy atom. The van der Waals surface area contributed by atoms with E-state index in [1.807, 2.05) is 20.8 Å². The van der Waals surface area contributed by atoms with Gasteiger partial charge in [0.15, 0.2) is 0 Å². The molecule has 0 aliphatic heterocycles. The molecule has 11 heavy (non-hydrogen) atoms. The van der Waals surface area contributed by atoms with Crippen molar-refractivity contribution in [2.24, 2.45) is 0 Å². The maximum atomic E-state index is 10.6. The van der Waals surface area contributed by atoms with E-state index in [0.29, 0.717) is 6.42 Å². The quantitative estimate of drug-likeness (QED) is 0.511. The minimum Gasteiger partial charge on any atom is -0.460 e. The molecule has 0 spiro atoms. The van der Waals surface area contributed by atoms with Gasteiger partial charge >= 0.3 is 5.97 Å². The van der Waals surface area contributed by atoms with Crippen LogP contribution in [0, 0.1) is 0 Å². The smallest absolute Gasteiger partial charge is 0.306 e. The van der Waals surface area contributed by atoms with Crippen molar-refractivity contribution in [3.63, 3.8) is 0 Å². The van der Waals surface area contributed by atoms with Crippen molar-refractivity contribution < 1.29 is 9.53 Å². The molecule has 0 radical (unpaired) electrons. The zero-order valence-corrected chi connectivity index (χ0v) is 11.6. The van der Waals surface area contributed by atoms with Crippen molar-refractivity contribution in [2.45, 2.75) is 39.7 Å². The van der Waals surface area contributed by atoms with Crippen molar-refractivity contribution in [2.75, 3.05) is 0 Å². The second kappa shape index (κ2) is 7.57. The molecule has 4 heteroatoms. The van der Waals surface area contributed by atoms with E-state index in [4.69, 9.17) is 4.74 Å². The van der Waals surface area contributed by atoms with E-state index in [1.165, 1.54) is 0 Å². The fourth-order valence-corrected chi connectivity index (χ4v) is 0.414. The molecule has 0 saturated heterocycles. The van der Waals surface area contributed by atoms with E-state index >= 15 is 0 Å². The highest BCUT2D eigenvalue weighted by atomic mass is 128. The summed E-state index contributed by atoms with van der Waals surface area (Å²) in [5.41, 5.74) is -0.326. The lowest BCUT2D eigenvalue weighted by Gasteiger charge is -2.18. The van der Waals surface area contributed by atoms with Crippen LogP contribution in [0.3, 0.4) is 0 Å². The van der Waals surface area contributed by atoms with E-state index in [0.717, 1.165) is 0 Å². The minimum absolute atomic E-state index is 0.137. The Morgan fingerprint density at radius 2 is 1.73 bits per heavy atom. The lowest BCUT2D eigenvalue weighted by molar-refractivity contribution is -0.154. The van der Waals surface area contributed by atoms with E-state index in [9.17, 15) is 4.79 Å². The number of esters is 1. The predicted octanol–water partition coefficient (Wildman–Crippen LogP) is 3.51. The van der Waals surface area contributed by atoms with Gasteiger partial charge in [0.25, 0.3) is 0 Å². The van der Waals surface area contributed by atoms with Gasteiger partial charge in [0.2, 0.25) is 0 Å². The Balaban J connectivity index is 0. The monoisotopic (exact) mass is 384 g/mol. The Hall–Kier alpha value is 0.930. The van der Waals surface area contributed by atoms with E-state index in [1.54, 1.807) is 6.92 Å². The molecule has 0 fully saturated rings. The Labute approximate surface area is 91.8 Å². The molecule has 0 aromatic heterocycles. The predicted molar refractivity (Wildman–Crippen MR) is 64.2 cm³/mol. The van der Waals surface area contributed by atoms with Gasteiger partial charge in [0.1, 0.15) is 5.60 Å². The van der Waals surface area contributed by atoms with Crippen molar-refractivity contribution in [3.05, 3.63) is 0 Å². The SMILES string of the molecule is CCC(=O)OC(C)(C)C.II. The lowest BCUT2D eigenvalue weighted by Crippen LogP contribution is -2.23. The molecule has 0 aliphatic carbocycles. The van der Waals surface area contributed by atoms with Crippen LogP contribution in [0.5, 0.6) is 0 Å². The molecule has 0 aromatic carbocycles. The Morgan fingerprint density at radius 1 is 1.36 bits per heavy atom. The van der Waals surface area contributed by atoms with E-state index in [2.05, 4.69) is 37.2 Å². The molecule has 2 nitrogen and oxygen atoms in total. The number of carbonyl (C=O) groups is 1. The third kappa shape index (κ3) is 13.9. The Bertz CT molecular complexity index is 107. The highest BCUT2D eigenvalue weighted by molar-refractivity contribution is 15.0. The van der Waals surface area contributed by atoms with E-state index in [-0.39, 0.29) is 11.6 Å². The standard InChI is InChI=1S/C7H14O2.I2/c1-5-6(8)9-7(2,3)4;1-2/h5H2,1-4H3;. The number of rotatable bonds is 1. The summed E-state index contributed by atoms with van der Waals surface area (Å²) in [5, 5.41) is 0. The van der Waals surface area contributed by atoms with Crippen molar-refractivity contribution >= 4 is 43.2 Å². The topological polar surface area (TPSA) is 26.3 Å². The molecule has 0 rings (SSSR count). The first kappa shape index (κ1) is 14.5. The van der Waals surface area contributed by atoms with Gasteiger partial charge in [-0.25, -0.2) is 0 Å². The van der Waals surface area contributed by atoms with Crippen LogP contribution in [0.15, 0.2) is 0 Å². The minimum atomic E-state index is -0.326. The van der Waals surface area contributed by atoms with Crippen LogP contribution in [0.2, 0.25) is 0 Å². The summed E-state index contributed by atoms with van der Waals surface area (Å²) in [6, 6.07) is 0. The van der Waals surface area contributed by atoms with Crippen LogP contribution >= 0.6 is 37.2 Å². The van der Waals surface area contributed by atoms with Gasteiger partial charge in [-0.15, -0.1) is 0 Å². The van der Waals surface area contributed by atoms with Crippen molar-refractivity contribution in [1.29, 1.82) is 0 Å². The van der Waals surface area contributed by atoms with Crippen LogP contribution in [-0.4, -0.2) is 11.6 Å². The van der Waals surface area contributed by atoms with Crippen LogP contribution < -0.4 is 0 Å². The average Bonchev–Trinajstić information content (AvgIpc) is 1.89. The van der Waals surface area contributed by atoms with Gasteiger partial charge in [-0.05, 0) is 20.8 Å². The van der Waals surface area contributed by atoms with Crippen molar-refractivity contribution in [3.8, 4) is 0 Å². The molecule has 0 atom stereocenters.